The van der Waals surface area contributed by atoms with Gasteiger partial charge in [0.1, 0.15) is 12.6 Å². The minimum absolute atomic E-state index is 0.128. The van der Waals surface area contributed by atoms with Crippen LogP contribution in [0, 0.1) is 0 Å². The van der Waals surface area contributed by atoms with Gasteiger partial charge in [0.15, 0.2) is 0 Å². The third-order valence-corrected chi connectivity index (χ3v) is 6.77. The summed E-state index contributed by atoms with van der Waals surface area (Å²) in [5, 5.41) is 10.7. The molecule has 2 aromatic rings. The Balaban J connectivity index is 1.72. The van der Waals surface area contributed by atoms with E-state index in [1.54, 1.807) is 18.2 Å². The van der Waals surface area contributed by atoms with Crippen LogP contribution in [-0.2, 0) is 19.6 Å². The highest BCUT2D eigenvalue weighted by molar-refractivity contribution is 7.93. The molecule has 1 heterocycles. The highest BCUT2D eigenvalue weighted by Crippen LogP contribution is 2.42. The number of hydrogen-bond donors (Lipinski definition) is 1. The molecule has 1 aliphatic heterocycles. The summed E-state index contributed by atoms with van der Waals surface area (Å²) in [6.45, 7) is 1.05. The van der Waals surface area contributed by atoms with E-state index < -0.39 is 34.5 Å². The second-order valence-corrected chi connectivity index (χ2v) is 8.52. The van der Waals surface area contributed by atoms with Crippen molar-refractivity contribution in [2.75, 3.05) is 10.8 Å². The average molecular weight is 374 g/mol. The molecule has 2 aliphatic rings. The van der Waals surface area contributed by atoms with Crippen molar-refractivity contribution in [3.8, 4) is 0 Å². The molecule has 1 fully saturated rings. The van der Waals surface area contributed by atoms with Gasteiger partial charge in [-0.15, -0.1) is 0 Å². The summed E-state index contributed by atoms with van der Waals surface area (Å²) >= 11 is 0. The zero-order valence-corrected chi connectivity index (χ0v) is 14.9. The van der Waals surface area contributed by atoms with E-state index in [4.69, 9.17) is 0 Å². The molecule has 1 atom stereocenters. The molecule has 0 saturated heterocycles. The molecule has 4 rings (SSSR count). The Labute approximate surface area is 150 Å². The van der Waals surface area contributed by atoms with Crippen molar-refractivity contribution in [1.82, 2.24) is 4.90 Å². The second-order valence-electron chi connectivity index (χ2n) is 6.69. The molecule has 0 radical (unpaired) electrons. The molecule has 1 amide bonds. The zero-order valence-electron chi connectivity index (χ0n) is 14.1. The minimum atomic E-state index is -3.84. The van der Waals surface area contributed by atoms with Crippen molar-refractivity contribution in [1.29, 1.82) is 0 Å². The molecule has 0 aromatic heterocycles. The molecule has 26 heavy (non-hydrogen) atoms. The lowest BCUT2D eigenvalue weighted by Crippen LogP contribution is -2.49. The minimum Gasteiger partial charge on any atom is -0.480 e. The Morgan fingerprint density at radius 3 is 2.50 bits per heavy atom. The topological polar surface area (TPSA) is 95.0 Å². The molecule has 2 aromatic carbocycles. The lowest BCUT2D eigenvalue weighted by Gasteiger charge is -2.29. The van der Waals surface area contributed by atoms with Gasteiger partial charge in [-0.3, -0.25) is 9.10 Å². The Bertz CT molecular complexity index is 1020. The van der Waals surface area contributed by atoms with Gasteiger partial charge in [-0.25, -0.2) is 13.2 Å². The summed E-state index contributed by atoms with van der Waals surface area (Å²) in [6, 6.07) is 9.16. The number of hydrogen-bond acceptors (Lipinski definition) is 4. The standard InChI is InChI=1S/C18H18N2O5S/c1-11(18(22)23)20(13-8-9-13)16(21)10-19-14-6-2-4-12-5-3-7-15(17(12)14)26(19,24)25/h2-7,11,13H,8-10H2,1H3,(H,22,23). The fourth-order valence-corrected chi connectivity index (χ4v) is 5.20. The van der Waals surface area contributed by atoms with Crippen LogP contribution in [0.3, 0.4) is 0 Å². The quantitative estimate of drug-likeness (QED) is 0.861. The van der Waals surface area contributed by atoms with Gasteiger partial charge in [0.05, 0.1) is 10.6 Å². The number of carbonyl (C=O) groups is 2. The molecule has 8 heteroatoms. The van der Waals surface area contributed by atoms with Crippen molar-refractivity contribution in [2.24, 2.45) is 0 Å². The monoisotopic (exact) mass is 374 g/mol. The number of amides is 1. The number of rotatable bonds is 5. The number of carboxylic acids is 1. The van der Waals surface area contributed by atoms with Crippen LogP contribution >= 0.6 is 0 Å². The van der Waals surface area contributed by atoms with Crippen LogP contribution in [-0.4, -0.2) is 48.9 Å². The predicted octanol–water partition coefficient (Wildman–Crippen LogP) is 1.81. The number of carboxylic acid groups (broad SMARTS) is 1. The van der Waals surface area contributed by atoms with Crippen LogP contribution < -0.4 is 4.31 Å². The molecule has 1 saturated carbocycles. The summed E-state index contributed by atoms with van der Waals surface area (Å²) in [5.41, 5.74) is 0.463. The number of nitrogens with zero attached hydrogens (tertiary/aromatic N) is 2. The maximum Gasteiger partial charge on any atom is 0.326 e. The number of benzene rings is 2. The summed E-state index contributed by atoms with van der Waals surface area (Å²) in [7, 11) is -3.84. The van der Waals surface area contributed by atoms with Gasteiger partial charge in [0.2, 0.25) is 5.91 Å². The van der Waals surface area contributed by atoms with E-state index in [0.29, 0.717) is 11.1 Å². The molecule has 1 unspecified atom stereocenters. The predicted molar refractivity (Wildman–Crippen MR) is 95.4 cm³/mol. The van der Waals surface area contributed by atoms with Gasteiger partial charge >= 0.3 is 5.97 Å². The first kappa shape index (κ1) is 16.8. The van der Waals surface area contributed by atoms with Crippen LogP contribution in [0.5, 0.6) is 0 Å². The third-order valence-electron chi connectivity index (χ3n) is 4.96. The van der Waals surface area contributed by atoms with Gasteiger partial charge in [-0.05, 0) is 37.3 Å². The molecule has 1 aliphatic carbocycles. The van der Waals surface area contributed by atoms with Crippen molar-refractivity contribution in [2.45, 2.75) is 36.7 Å². The summed E-state index contributed by atoms with van der Waals surface area (Å²) in [4.78, 5) is 25.7. The highest BCUT2D eigenvalue weighted by Gasteiger charge is 2.42. The Morgan fingerprint density at radius 2 is 1.88 bits per heavy atom. The molecule has 7 nitrogen and oxygen atoms in total. The number of sulfonamides is 1. The Morgan fingerprint density at radius 1 is 1.23 bits per heavy atom. The van der Waals surface area contributed by atoms with E-state index in [9.17, 15) is 23.1 Å². The SMILES string of the molecule is CC(C(=O)O)N(C(=O)CN1c2cccc3cccc(c23)S1(=O)=O)C1CC1. The van der Waals surface area contributed by atoms with Gasteiger partial charge < -0.3 is 10.0 Å². The number of anilines is 1. The van der Waals surface area contributed by atoms with E-state index >= 15 is 0 Å². The zero-order chi connectivity index (χ0) is 18.6. The van der Waals surface area contributed by atoms with E-state index in [2.05, 4.69) is 0 Å². The lowest BCUT2D eigenvalue weighted by atomic mass is 10.1. The largest absolute Gasteiger partial charge is 0.480 e. The van der Waals surface area contributed by atoms with Crippen LogP contribution in [0.25, 0.3) is 10.8 Å². The third kappa shape index (κ3) is 2.44. The van der Waals surface area contributed by atoms with Crippen molar-refractivity contribution in [3.63, 3.8) is 0 Å². The molecule has 0 bridgehead atoms. The summed E-state index contributed by atoms with van der Waals surface area (Å²) in [5.74, 6) is -1.59. The highest BCUT2D eigenvalue weighted by atomic mass is 32.2. The summed E-state index contributed by atoms with van der Waals surface area (Å²) < 4.78 is 27.0. The van der Waals surface area contributed by atoms with Gasteiger partial charge in [0, 0.05) is 11.4 Å². The Hall–Kier alpha value is -2.61. The first-order valence-electron chi connectivity index (χ1n) is 8.41. The first-order valence-corrected chi connectivity index (χ1v) is 9.85. The summed E-state index contributed by atoms with van der Waals surface area (Å²) in [6.07, 6.45) is 1.48. The lowest BCUT2D eigenvalue weighted by molar-refractivity contribution is -0.149. The number of aliphatic carboxylic acids is 1. The maximum absolute atomic E-state index is 13.0. The molecule has 136 valence electrons. The van der Waals surface area contributed by atoms with Gasteiger partial charge in [0.25, 0.3) is 10.0 Å². The van der Waals surface area contributed by atoms with Crippen molar-refractivity contribution >= 4 is 38.4 Å². The maximum atomic E-state index is 13.0. The average Bonchev–Trinajstić information content (AvgIpc) is 3.40. The van der Waals surface area contributed by atoms with E-state index in [0.717, 1.165) is 22.5 Å². The fraction of sp³-hybridized carbons (Fsp3) is 0.333. The molecule has 0 spiro atoms. The van der Waals surface area contributed by atoms with Crippen LogP contribution in [0.15, 0.2) is 41.3 Å². The Kier molecular flexibility index (Phi) is 3.69. The van der Waals surface area contributed by atoms with E-state index in [-0.39, 0.29) is 10.9 Å². The molecule has 1 N–H and O–H groups in total. The number of carbonyl (C=O) groups excluding carboxylic acids is 1. The van der Waals surface area contributed by atoms with Crippen molar-refractivity contribution < 1.29 is 23.1 Å². The van der Waals surface area contributed by atoms with Crippen LogP contribution in [0.1, 0.15) is 19.8 Å². The van der Waals surface area contributed by atoms with Gasteiger partial charge in [-0.1, -0.05) is 24.3 Å². The smallest absolute Gasteiger partial charge is 0.326 e. The molecular weight excluding hydrogens is 356 g/mol. The molecular formula is C18H18N2O5S. The van der Waals surface area contributed by atoms with E-state index in [1.165, 1.54) is 17.9 Å². The van der Waals surface area contributed by atoms with Crippen LogP contribution in [0.2, 0.25) is 0 Å². The van der Waals surface area contributed by atoms with Gasteiger partial charge in [-0.2, -0.15) is 0 Å². The fourth-order valence-electron chi connectivity index (χ4n) is 3.54. The van der Waals surface area contributed by atoms with E-state index in [1.807, 2.05) is 12.1 Å². The second kappa shape index (κ2) is 5.70. The normalized spacial score (nSPS) is 18.7. The first-order chi connectivity index (χ1) is 12.3. The van der Waals surface area contributed by atoms with Crippen LogP contribution in [0.4, 0.5) is 5.69 Å². The van der Waals surface area contributed by atoms with Crippen molar-refractivity contribution in [3.05, 3.63) is 36.4 Å².